The molecule has 2 unspecified atom stereocenters. The maximum absolute atomic E-state index is 12.1. The molecular formula is C43H68N4O7. The minimum Gasteiger partial charge on any atom is -0.493 e. The highest BCUT2D eigenvalue weighted by atomic mass is 17.0. The van der Waals surface area contributed by atoms with Crippen molar-refractivity contribution in [2.75, 3.05) is 34.4 Å². The predicted molar refractivity (Wildman–Crippen MR) is 214 cm³/mol. The molecule has 0 saturated heterocycles. The Hall–Kier alpha value is -4.04. The summed E-state index contributed by atoms with van der Waals surface area (Å²) >= 11 is 0. The number of nitrogens with zero attached hydrogens (tertiary/aromatic N) is 3. The van der Waals surface area contributed by atoms with E-state index >= 15 is 0 Å². The summed E-state index contributed by atoms with van der Waals surface area (Å²) in [6.45, 7) is 11.9. The molecule has 0 aliphatic carbocycles. The summed E-state index contributed by atoms with van der Waals surface area (Å²) in [5.74, 6) is -0.944. The zero-order valence-corrected chi connectivity index (χ0v) is 34.6. The zero-order chi connectivity index (χ0) is 40.2. The summed E-state index contributed by atoms with van der Waals surface area (Å²) in [5, 5.41) is 24.5. The number of unbranched alkanes of at least 4 members (excludes halogenated alkanes) is 9. The van der Waals surface area contributed by atoms with Crippen LogP contribution < -0.4 is 19.5 Å². The van der Waals surface area contributed by atoms with Crippen LogP contribution in [0.15, 0.2) is 42.5 Å². The van der Waals surface area contributed by atoms with Crippen molar-refractivity contribution >= 4 is 5.91 Å². The van der Waals surface area contributed by atoms with E-state index in [0.29, 0.717) is 36.6 Å². The van der Waals surface area contributed by atoms with Crippen LogP contribution in [0.1, 0.15) is 136 Å². The monoisotopic (exact) mass is 753 g/mol. The van der Waals surface area contributed by atoms with Gasteiger partial charge in [0.25, 0.3) is 10.9 Å². The van der Waals surface area contributed by atoms with Gasteiger partial charge in [-0.05, 0) is 82.4 Å². The lowest BCUT2D eigenvalue weighted by molar-refractivity contribution is -0.799. The quantitative estimate of drug-likeness (QED) is 0.0390. The van der Waals surface area contributed by atoms with E-state index in [1.807, 2.05) is 36.4 Å². The van der Waals surface area contributed by atoms with Gasteiger partial charge in [0, 0.05) is 19.4 Å². The number of rotatable bonds is 28. The van der Waals surface area contributed by atoms with E-state index in [-0.39, 0.29) is 5.91 Å². The van der Waals surface area contributed by atoms with Crippen molar-refractivity contribution in [3.8, 4) is 23.3 Å². The number of carbonyl (C=O) groups excluding carboxylic acids is 1. The Morgan fingerprint density at radius 2 is 1.48 bits per heavy atom. The standard InChI is InChI=1S/C43H68N4O7/c1-10-11-12-13-14-15-16-17-18-21-28-42(33-44,37-25-26-39(51-8)40(32-37)52-9)29-22-30-46(7)31-27-36-23-19-20-24-38(36)53-43(34(2)3,54-47(49)50)41(5,6)45-35(4)48/h19-20,23-26,32,34H,10-18,21-22,27-31H2,1-9H3,(H,45,48). The zero-order valence-electron chi connectivity index (χ0n) is 34.6. The Labute approximate surface area is 325 Å². The fourth-order valence-electron chi connectivity index (χ4n) is 7.53. The van der Waals surface area contributed by atoms with Gasteiger partial charge in [0.2, 0.25) is 5.91 Å². The van der Waals surface area contributed by atoms with Crippen molar-refractivity contribution in [2.45, 2.75) is 148 Å². The second-order valence-corrected chi connectivity index (χ2v) is 15.5. The topological polar surface area (TPSA) is 136 Å². The summed E-state index contributed by atoms with van der Waals surface area (Å²) in [4.78, 5) is 31.5. The maximum atomic E-state index is 12.1. The number of likely N-dealkylation sites (N-methyl/N-ethyl adjacent to an activating group) is 1. The first-order valence-corrected chi connectivity index (χ1v) is 19.9. The Kier molecular flexibility index (Phi) is 19.6. The third-order valence-electron chi connectivity index (χ3n) is 10.6. The normalized spacial score (nSPS) is 13.8. The van der Waals surface area contributed by atoms with Crippen LogP contribution in [0.25, 0.3) is 0 Å². The number of nitriles is 1. The first-order chi connectivity index (χ1) is 25.7. The summed E-state index contributed by atoms with van der Waals surface area (Å²) in [7, 11) is 5.30. The molecule has 1 amide bonds. The summed E-state index contributed by atoms with van der Waals surface area (Å²) in [6, 6.07) is 16.0. The third kappa shape index (κ3) is 13.7. The van der Waals surface area contributed by atoms with E-state index in [0.717, 1.165) is 43.4 Å². The summed E-state index contributed by atoms with van der Waals surface area (Å²) in [5.41, 5.74) is -0.0876. The molecule has 0 bridgehead atoms. The lowest BCUT2D eigenvalue weighted by atomic mass is 9.74. The van der Waals surface area contributed by atoms with Gasteiger partial charge < -0.3 is 24.4 Å². The number of methoxy groups -OCH3 is 2. The second kappa shape index (κ2) is 23.0. The van der Waals surface area contributed by atoms with Gasteiger partial charge in [-0.25, -0.2) is 0 Å². The van der Waals surface area contributed by atoms with E-state index in [1.165, 1.54) is 58.3 Å². The molecule has 54 heavy (non-hydrogen) atoms. The second-order valence-electron chi connectivity index (χ2n) is 15.5. The third-order valence-corrected chi connectivity index (χ3v) is 10.6. The van der Waals surface area contributed by atoms with Crippen molar-refractivity contribution in [2.24, 2.45) is 5.92 Å². The Morgan fingerprint density at radius 3 is 2.04 bits per heavy atom. The molecule has 2 aromatic rings. The molecule has 11 heteroatoms. The van der Waals surface area contributed by atoms with Crippen LogP contribution in [-0.2, 0) is 21.5 Å². The summed E-state index contributed by atoms with van der Waals surface area (Å²) in [6.07, 6.45) is 15.3. The van der Waals surface area contributed by atoms with Gasteiger partial charge in [0.1, 0.15) is 5.75 Å². The number of carbonyl (C=O) groups is 1. The molecule has 0 saturated carbocycles. The number of nitrogens with one attached hydrogen (secondary N) is 1. The number of hydrogen-bond acceptors (Lipinski definition) is 9. The van der Waals surface area contributed by atoms with Gasteiger partial charge >= 0.3 is 0 Å². The van der Waals surface area contributed by atoms with Crippen LogP contribution in [-0.4, -0.2) is 61.6 Å². The average molecular weight is 753 g/mol. The van der Waals surface area contributed by atoms with Crippen LogP contribution >= 0.6 is 0 Å². The minimum atomic E-state index is -1.80. The molecule has 1 N–H and O–H groups in total. The van der Waals surface area contributed by atoms with Crippen molar-refractivity contribution < 1.29 is 28.9 Å². The van der Waals surface area contributed by atoms with Crippen LogP contribution in [0.2, 0.25) is 0 Å². The van der Waals surface area contributed by atoms with Crippen molar-refractivity contribution in [3.05, 3.63) is 63.7 Å². The Bertz CT molecular complexity index is 1480. The molecule has 0 fully saturated rings. The SMILES string of the molecule is CCCCCCCCCCCCC(C#N)(CCCN(C)CCc1ccccc1OC(O[N+](=O)[O-])(C(C)C)C(C)(C)NC(C)=O)c1ccc(OC)c(OC)c1. The molecular weight excluding hydrogens is 684 g/mol. The van der Waals surface area contributed by atoms with Crippen molar-refractivity contribution in [1.82, 2.24) is 10.2 Å². The van der Waals surface area contributed by atoms with Gasteiger partial charge in [-0.1, -0.05) is 109 Å². The minimum absolute atomic E-state index is 0.356. The van der Waals surface area contributed by atoms with E-state index in [1.54, 1.807) is 48.0 Å². The average Bonchev–Trinajstić information content (AvgIpc) is 3.13. The Balaban J connectivity index is 2.16. The van der Waals surface area contributed by atoms with E-state index in [9.17, 15) is 20.2 Å². The highest BCUT2D eigenvalue weighted by Gasteiger charge is 2.55. The number of para-hydroxylation sites is 1. The molecule has 11 nitrogen and oxygen atoms in total. The first kappa shape index (κ1) is 46.1. The van der Waals surface area contributed by atoms with Crippen molar-refractivity contribution in [3.63, 3.8) is 0 Å². The molecule has 0 radical (unpaired) electrons. The maximum Gasteiger partial charge on any atom is 0.298 e. The first-order valence-electron chi connectivity index (χ1n) is 19.9. The highest BCUT2D eigenvalue weighted by molar-refractivity contribution is 5.74. The molecule has 0 aromatic heterocycles. The lowest BCUT2D eigenvalue weighted by Crippen LogP contribution is -2.68. The molecule has 0 aliphatic heterocycles. The van der Waals surface area contributed by atoms with Crippen LogP contribution in [0.3, 0.4) is 0 Å². The van der Waals surface area contributed by atoms with E-state index in [4.69, 9.17) is 19.0 Å². The van der Waals surface area contributed by atoms with Gasteiger partial charge in [-0.15, -0.1) is 10.1 Å². The van der Waals surface area contributed by atoms with Crippen LogP contribution in [0, 0.1) is 27.4 Å². The number of benzene rings is 2. The molecule has 2 atom stereocenters. The fourth-order valence-corrected chi connectivity index (χ4v) is 7.53. The van der Waals surface area contributed by atoms with Gasteiger partial charge in [-0.3, -0.25) is 9.63 Å². The molecule has 2 aromatic carbocycles. The van der Waals surface area contributed by atoms with Gasteiger partial charge in [0.15, 0.2) is 11.5 Å². The lowest BCUT2D eigenvalue weighted by Gasteiger charge is -2.47. The van der Waals surface area contributed by atoms with E-state index in [2.05, 4.69) is 30.3 Å². The molecule has 302 valence electrons. The highest BCUT2D eigenvalue weighted by Crippen LogP contribution is 2.40. The van der Waals surface area contributed by atoms with Gasteiger partial charge in [-0.2, -0.15) is 5.26 Å². The van der Waals surface area contributed by atoms with Crippen molar-refractivity contribution in [1.29, 1.82) is 5.26 Å². The van der Waals surface area contributed by atoms with Crippen LogP contribution in [0.5, 0.6) is 17.2 Å². The number of ether oxygens (including phenoxy) is 3. The van der Waals surface area contributed by atoms with E-state index < -0.39 is 27.7 Å². The largest absolute Gasteiger partial charge is 0.493 e. The molecule has 0 aliphatic rings. The molecule has 0 heterocycles. The van der Waals surface area contributed by atoms with Gasteiger partial charge in [0.05, 0.1) is 31.2 Å². The molecule has 2 rings (SSSR count). The number of hydrogen-bond donors (Lipinski definition) is 1. The fraction of sp³-hybridized carbons (Fsp3) is 0.674. The number of amides is 1. The Morgan fingerprint density at radius 1 is 0.889 bits per heavy atom. The van der Waals surface area contributed by atoms with Crippen LogP contribution in [0.4, 0.5) is 0 Å². The smallest absolute Gasteiger partial charge is 0.298 e. The summed E-state index contributed by atoms with van der Waals surface area (Å²) < 4.78 is 17.6. The molecule has 0 spiro atoms. The predicted octanol–water partition coefficient (Wildman–Crippen LogP) is 9.58.